The Labute approximate surface area is 46.1 Å². The van der Waals surface area contributed by atoms with Gasteiger partial charge in [0, 0.05) is 0 Å². The second kappa shape index (κ2) is 2.61. The molecular weight excluding hydrogens is 112 g/mol. The van der Waals surface area contributed by atoms with Crippen LogP contribution >= 0.6 is 0 Å². The Morgan fingerprint density at radius 3 is 2.62 bits per heavy atom. The molecule has 8 heavy (non-hydrogen) atoms. The molecule has 1 rings (SSSR count). The molecule has 1 saturated heterocycles. The summed E-state index contributed by atoms with van der Waals surface area (Å²) in [5, 5.41) is 0. The molecule has 5 heteroatoms. The van der Waals surface area contributed by atoms with Gasteiger partial charge >= 0.3 is 0 Å². The molecule has 48 valence electrons. The average molecular weight is 120 g/mol. The molecule has 1 heterocycles. The van der Waals surface area contributed by atoms with Crippen molar-refractivity contribution in [1.29, 1.82) is 0 Å². The summed E-state index contributed by atoms with van der Waals surface area (Å²) < 4.78 is 0. The zero-order valence-corrected chi connectivity index (χ0v) is 4.18. The fraction of sp³-hybridized carbons (Fsp3) is 0.667. The van der Waals surface area contributed by atoms with E-state index in [1.54, 1.807) is 0 Å². The van der Waals surface area contributed by atoms with Gasteiger partial charge in [-0.25, -0.2) is 5.48 Å². The van der Waals surface area contributed by atoms with Crippen LogP contribution in [-0.4, -0.2) is 24.0 Å². The Balaban J connectivity index is 0.000000490. The fourth-order valence-corrected chi connectivity index (χ4v) is 0.354. The Hall–Kier alpha value is -0.650. The molecule has 0 aromatic carbocycles. The quantitative estimate of drug-likeness (QED) is 0.371. The van der Waals surface area contributed by atoms with Gasteiger partial charge in [0.25, 0.3) is 5.91 Å². The first-order chi connectivity index (χ1) is 3.30. The number of amides is 1. The SMILES string of the molecule is NC1CONC1=O.O. The molecule has 5 N–H and O–H groups in total. The predicted molar refractivity (Wildman–Crippen MR) is 25.7 cm³/mol. The molecule has 0 aromatic rings. The van der Waals surface area contributed by atoms with Crippen LogP contribution in [0.4, 0.5) is 0 Å². The van der Waals surface area contributed by atoms with E-state index in [1.807, 2.05) is 0 Å². The first-order valence-corrected chi connectivity index (χ1v) is 1.98. The van der Waals surface area contributed by atoms with Crippen LogP contribution in [0.1, 0.15) is 0 Å². The van der Waals surface area contributed by atoms with Gasteiger partial charge in [-0.15, -0.1) is 0 Å². The van der Waals surface area contributed by atoms with E-state index in [-0.39, 0.29) is 11.4 Å². The van der Waals surface area contributed by atoms with Crippen LogP contribution in [-0.2, 0) is 9.63 Å². The maximum atomic E-state index is 10.2. The minimum Gasteiger partial charge on any atom is -0.412 e. The first-order valence-electron chi connectivity index (χ1n) is 1.98. The lowest BCUT2D eigenvalue weighted by molar-refractivity contribution is -0.124. The van der Waals surface area contributed by atoms with Gasteiger partial charge in [-0.1, -0.05) is 0 Å². The zero-order chi connectivity index (χ0) is 5.28. The van der Waals surface area contributed by atoms with Crippen molar-refractivity contribution in [2.75, 3.05) is 6.61 Å². The van der Waals surface area contributed by atoms with E-state index in [1.165, 1.54) is 0 Å². The van der Waals surface area contributed by atoms with Gasteiger partial charge in [-0.3, -0.25) is 9.63 Å². The highest BCUT2D eigenvalue weighted by Crippen LogP contribution is 1.87. The summed E-state index contributed by atoms with van der Waals surface area (Å²) in [5.41, 5.74) is 7.25. The number of carbonyl (C=O) groups is 1. The maximum Gasteiger partial charge on any atom is 0.262 e. The van der Waals surface area contributed by atoms with Crippen LogP contribution < -0.4 is 11.2 Å². The molecule has 1 aliphatic heterocycles. The van der Waals surface area contributed by atoms with Gasteiger partial charge in [0.05, 0.1) is 6.61 Å². The van der Waals surface area contributed by atoms with Crippen molar-refractivity contribution in [2.45, 2.75) is 6.04 Å². The van der Waals surface area contributed by atoms with Crippen LogP contribution in [0.25, 0.3) is 0 Å². The zero-order valence-electron chi connectivity index (χ0n) is 4.18. The molecule has 0 radical (unpaired) electrons. The van der Waals surface area contributed by atoms with Crippen molar-refractivity contribution < 1.29 is 15.1 Å². The normalized spacial score (nSPS) is 26.6. The largest absolute Gasteiger partial charge is 0.412 e. The van der Waals surface area contributed by atoms with E-state index in [0.717, 1.165) is 0 Å². The molecule has 1 fully saturated rings. The van der Waals surface area contributed by atoms with Gasteiger partial charge in [-0.2, -0.15) is 0 Å². The van der Waals surface area contributed by atoms with Crippen LogP contribution in [0.3, 0.4) is 0 Å². The monoisotopic (exact) mass is 120 g/mol. The third-order valence-electron chi connectivity index (χ3n) is 0.772. The number of hydroxylamine groups is 1. The van der Waals surface area contributed by atoms with E-state index in [0.29, 0.717) is 6.61 Å². The van der Waals surface area contributed by atoms with E-state index in [2.05, 4.69) is 10.3 Å². The molecular formula is C3H8N2O3. The topological polar surface area (TPSA) is 95.8 Å². The lowest BCUT2D eigenvalue weighted by atomic mass is 10.3. The Morgan fingerprint density at radius 2 is 2.50 bits per heavy atom. The number of hydrogen-bond acceptors (Lipinski definition) is 3. The minimum atomic E-state index is -0.458. The summed E-state index contributed by atoms with van der Waals surface area (Å²) in [6.45, 7) is 0.291. The molecule has 1 unspecified atom stereocenters. The van der Waals surface area contributed by atoms with Crippen molar-refractivity contribution in [3.8, 4) is 0 Å². The van der Waals surface area contributed by atoms with E-state index >= 15 is 0 Å². The summed E-state index contributed by atoms with van der Waals surface area (Å²) >= 11 is 0. The predicted octanol–water partition coefficient (Wildman–Crippen LogP) is -2.45. The van der Waals surface area contributed by atoms with Crippen LogP contribution in [0, 0.1) is 0 Å². The van der Waals surface area contributed by atoms with Crippen LogP contribution in [0.15, 0.2) is 0 Å². The summed E-state index contributed by atoms with van der Waals surface area (Å²) in [7, 11) is 0. The Bertz CT molecular complexity index is 94.5. The van der Waals surface area contributed by atoms with Gasteiger partial charge in [-0.05, 0) is 0 Å². The Kier molecular flexibility index (Phi) is 2.40. The number of nitrogens with two attached hydrogens (primary N) is 1. The number of rotatable bonds is 0. The van der Waals surface area contributed by atoms with Crippen molar-refractivity contribution in [3.63, 3.8) is 0 Å². The summed E-state index contributed by atoms with van der Waals surface area (Å²) in [4.78, 5) is 14.7. The Morgan fingerprint density at radius 1 is 1.88 bits per heavy atom. The molecule has 0 bridgehead atoms. The second-order valence-corrected chi connectivity index (χ2v) is 1.38. The minimum absolute atomic E-state index is 0. The fourth-order valence-electron chi connectivity index (χ4n) is 0.354. The van der Waals surface area contributed by atoms with Crippen molar-refractivity contribution in [2.24, 2.45) is 5.73 Å². The molecule has 1 aliphatic rings. The molecule has 1 atom stereocenters. The van der Waals surface area contributed by atoms with E-state index in [9.17, 15) is 4.79 Å². The molecule has 5 nitrogen and oxygen atoms in total. The highest BCUT2D eigenvalue weighted by atomic mass is 16.7. The van der Waals surface area contributed by atoms with E-state index < -0.39 is 6.04 Å². The van der Waals surface area contributed by atoms with Crippen molar-refractivity contribution >= 4 is 5.91 Å². The molecule has 0 aliphatic carbocycles. The second-order valence-electron chi connectivity index (χ2n) is 1.38. The van der Waals surface area contributed by atoms with Gasteiger partial charge in [0.2, 0.25) is 0 Å². The molecule has 1 amide bonds. The average Bonchev–Trinajstić information content (AvgIpc) is 1.91. The standard InChI is InChI=1S/C3H6N2O2.H2O/c4-2-1-7-5-3(2)6;/h2H,1,4H2,(H,5,6);1H2. The molecule has 0 aromatic heterocycles. The van der Waals surface area contributed by atoms with E-state index in [4.69, 9.17) is 5.73 Å². The lowest BCUT2D eigenvalue weighted by Crippen LogP contribution is -2.31. The third-order valence-corrected chi connectivity index (χ3v) is 0.772. The number of carbonyl (C=O) groups excluding carboxylic acids is 1. The highest BCUT2D eigenvalue weighted by molar-refractivity contribution is 5.81. The highest BCUT2D eigenvalue weighted by Gasteiger charge is 2.19. The van der Waals surface area contributed by atoms with Crippen molar-refractivity contribution in [1.82, 2.24) is 5.48 Å². The summed E-state index contributed by atoms with van der Waals surface area (Å²) in [6, 6.07) is -0.458. The van der Waals surface area contributed by atoms with Gasteiger partial charge < -0.3 is 11.2 Å². The number of hydrogen-bond donors (Lipinski definition) is 2. The third kappa shape index (κ3) is 1.16. The molecule has 0 saturated carbocycles. The number of nitrogens with one attached hydrogen (secondary N) is 1. The van der Waals surface area contributed by atoms with Gasteiger partial charge in [0.1, 0.15) is 6.04 Å². The lowest BCUT2D eigenvalue weighted by Gasteiger charge is -1.87. The molecule has 0 spiro atoms. The van der Waals surface area contributed by atoms with Crippen LogP contribution in [0.5, 0.6) is 0 Å². The smallest absolute Gasteiger partial charge is 0.262 e. The summed E-state index contributed by atoms with van der Waals surface area (Å²) in [5.74, 6) is -0.236. The summed E-state index contributed by atoms with van der Waals surface area (Å²) in [6.07, 6.45) is 0. The van der Waals surface area contributed by atoms with Gasteiger partial charge in [0.15, 0.2) is 0 Å². The first kappa shape index (κ1) is 7.35. The van der Waals surface area contributed by atoms with Crippen LogP contribution in [0.2, 0.25) is 0 Å². The maximum absolute atomic E-state index is 10.2. The van der Waals surface area contributed by atoms with Crippen molar-refractivity contribution in [3.05, 3.63) is 0 Å².